The summed E-state index contributed by atoms with van der Waals surface area (Å²) in [6, 6.07) is 15.5. The maximum Gasteiger partial charge on any atom is 0.411 e. The third kappa shape index (κ3) is 4.48. The number of aromatic nitrogens is 1. The summed E-state index contributed by atoms with van der Waals surface area (Å²) in [6.45, 7) is 6.22. The summed E-state index contributed by atoms with van der Waals surface area (Å²) >= 11 is 0. The number of fused-ring (bicyclic) bond motifs is 3. The van der Waals surface area contributed by atoms with Gasteiger partial charge >= 0.3 is 12.1 Å². The van der Waals surface area contributed by atoms with Gasteiger partial charge in [0.05, 0.1) is 6.04 Å². The maximum atomic E-state index is 13.2. The molecule has 0 aliphatic carbocycles. The summed E-state index contributed by atoms with van der Waals surface area (Å²) in [4.78, 5) is 30.4. The van der Waals surface area contributed by atoms with Gasteiger partial charge in [0, 0.05) is 23.1 Å². The van der Waals surface area contributed by atoms with Crippen LogP contribution in [0.1, 0.15) is 49.7 Å². The van der Waals surface area contributed by atoms with Gasteiger partial charge in [-0.2, -0.15) is 0 Å². The Labute approximate surface area is 187 Å². The van der Waals surface area contributed by atoms with E-state index in [9.17, 15) is 14.7 Å². The number of H-pyrrole nitrogens is 1. The first-order chi connectivity index (χ1) is 15.2. The van der Waals surface area contributed by atoms with Crippen molar-refractivity contribution in [3.05, 3.63) is 71.4 Å². The fourth-order valence-corrected chi connectivity index (χ4v) is 4.31. The number of nitrogens with one attached hydrogen (secondary N) is 2. The second-order valence-electron chi connectivity index (χ2n) is 9.10. The monoisotopic (exact) mass is 435 g/mol. The van der Waals surface area contributed by atoms with Gasteiger partial charge in [0.2, 0.25) is 0 Å². The van der Waals surface area contributed by atoms with E-state index < -0.39 is 23.7 Å². The molecule has 1 aromatic heterocycles. The summed E-state index contributed by atoms with van der Waals surface area (Å²) < 4.78 is 5.63. The number of carbonyl (C=O) groups is 2. The Hall–Kier alpha value is -3.32. The molecule has 1 unspecified atom stereocenters. The standard InChI is InChI=1S/C25H29N3O4/c1-25(2,3)32-24(31)28(22(23(29)30)16-9-5-4-6-10-16)15-20-21-18(13-14-26-20)17-11-7-8-12-19(17)27-21/h4-12,20,22,26-27H,13-15H2,1-3H3,(H,29,30)/t20?,22-/m0/s1. The first kappa shape index (κ1) is 21.9. The number of benzene rings is 2. The number of carboxylic acid groups (broad SMARTS) is 1. The van der Waals surface area contributed by atoms with Gasteiger partial charge in [-0.15, -0.1) is 0 Å². The predicted octanol–water partition coefficient (Wildman–Crippen LogP) is 4.42. The van der Waals surface area contributed by atoms with Crippen LogP contribution in [0.25, 0.3) is 10.9 Å². The molecule has 1 aliphatic heterocycles. The van der Waals surface area contributed by atoms with Crippen molar-refractivity contribution in [2.24, 2.45) is 0 Å². The van der Waals surface area contributed by atoms with Gasteiger partial charge in [0.15, 0.2) is 6.04 Å². The molecule has 7 nitrogen and oxygen atoms in total. The van der Waals surface area contributed by atoms with E-state index in [0.717, 1.165) is 29.6 Å². The molecule has 0 bridgehead atoms. The second-order valence-corrected chi connectivity index (χ2v) is 9.10. The van der Waals surface area contributed by atoms with Gasteiger partial charge in [0.25, 0.3) is 0 Å². The zero-order chi connectivity index (χ0) is 22.9. The van der Waals surface area contributed by atoms with Crippen LogP contribution in [-0.2, 0) is 16.0 Å². The van der Waals surface area contributed by atoms with Crippen molar-refractivity contribution < 1.29 is 19.4 Å². The highest BCUT2D eigenvalue weighted by atomic mass is 16.6. The molecule has 2 atom stereocenters. The van der Waals surface area contributed by atoms with Gasteiger partial charge < -0.3 is 20.1 Å². The molecule has 2 heterocycles. The highest BCUT2D eigenvalue weighted by Crippen LogP contribution is 2.33. The van der Waals surface area contributed by atoms with Gasteiger partial charge in [-0.25, -0.2) is 9.59 Å². The minimum atomic E-state index is -1.16. The zero-order valence-electron chi connectivity index (χ0n) is 18.6. The van der Waals surface area contributed by atoms with E-state index in [1.807, 2.05) is 24.3 Å². The first-order valence-corrected chi connectivity index (χ1v) is 10.8. The molecule has 4 rings (SSSR count). The number of hydrogen-bond donors (Lipinski definition) is 3. The predicted molar refractivity (Wildman–Crippen MR) is 123 cm³/mol. The van der Waals surface area contributed by atoms with Crippen LogP contribution in [0.5, 0.6) is 0 Å². The van der Waals surface area contributed by atoms with E-state index in [1.165, 1.54) is 10.5 Å². The molecule has 3 aromatic rings. The maximum absolute atomic E-state index is 13.2. The van der Waals surface area contributed by atoms with Crippen LogP contribution in [0, 0.1) is 0 Å². The summed E-state index contributed by atoms with van der Waals surface area (Å²) in [6.07, 6.45) is 0.211. The quantitative estimate of drug-likeness (QED) is 0.552. The number of aliphatic carboxylic acids is 1. The molecule has 32 heavy (non-hydrogen) atoms. The summed E-state index contributed by atoms with van der Waals surface area (Å²) in [7, 11) is 0. The number of hydrogen-bond acceptors (Lipinski definition) is 4. The van der Waals surface area contributed by atoms with Gasteiger partial charge in [-0.1, -0.05) is 48.5 Å². The Bertz CT molecular complexity index is 1120. The number of ether oxygens (including phenoxy) is 1. The lowest BCUT2D eigenvalue weighted by Gasteiger charge is -2.35. The minimum absolute atomic E-state index is 0.153. The van der Waals surface area contributed by atoms with Crippen LogP contribution in [-0.4, -0.2) is 45.7 Å². The molecule has 1 amide bonds. The van der Waals surface area contributed by atoms with Gasteiger partial charge in [0.1, 0.15) is 5.60 Å². The van der Waals surface area contributed by atoms with Crippen molar-refractivity contribution in [2.75, 3.05) is 13.1 Å². The van der Waals surface area contributed by atoms with E-state index in [4.69, 9.17) is 4.74 Å². The van der Waals surface area contributed by atoms with Crippen LogP contribution < -0.4 is 5.32 Å². The van der Waals surface area contributed by atoms with Crippen molar-refractivity contribution in [1.29, 1.82) is 0 Å². The fraction of sp³-hybridized carbons (Fsp3) is 0.360. The first-order valence-electron chi connectivity index (χ1n) is 10.8. The normalized spacial score (nSPS) is 16.9. The zero-order valence-corrected chi connectivity index (χ0v) is 18.6. The molecule has 2 aromatic carbocycles. The van der Waals surface area contributed by atoms with Crippen molar-refractivity contribution in [3.63, 3.8) is 0 Å². The van der Waals surface area contributed by atoms with E-state index >= 15 is 0 Å². The largest absolute Gasteiger partial charge is 0.479 e. The number of rotatable bonds is 5. The molecule has 0 fully saturated rings. The molecule has 0 saturated heterocycles. The Morgan fingerprint density at radius 2 is 1.81 bits per heavy atom. The highest BCUT2D eigenvalue weighted by Gasteiger charge is 2.37. The van der Waals surface area contributed by atoms with Crippen molar-refractivity contribution in [2.45, 2.75) is 44.9 Å². The third-order valence-corrected chi connectivity index (χ3v) is 5.63. The lowest BCUT2D eigenvalue weighted by atomic mass is 9.98. The SMILES string of the molecule is CC(C)(C)OC(=O)N(CC1NCCc2c1[nH]c1ccccc21)[C@H](C(=O)O)c1ccccc1. The lowest BCUT2D eigenvalue weighted by Crippen LogP contribution is -2.47. The van der Waals surface area contributed by atoms with Crippen LogP contribution >= 0.6 is 0 Å². The molecule has 1 aliphatic rings. The Balaban J connectivity index is 1.73. The molecular formula is C25H29N3O4. The Morgan fingerprint density at radius 1 is 1.12 bits per heavy atom. The van der Waals surface area contributed by atoms with Crippen LogP contribution in [0.2, 0.25) is 0 Å². The fourth-order valence-electron chi connectivity index (χ4n) is 4.31. The van der Waals surface area contributed by atoms with Crippen LogP contribution in [0.4, 0.5) is 4.79 Å². The molecule has 0 spiro atoms. The van der Waals surface area contributed by atoms with Gasteiger partial charge in [-0.05, 0) is 50.9 Å². The molecule has 7 heteroatoms. The third-order valence-electron chi connectivity index (χ3n) is 5.63. The Morgan fingerprint density at radius 3 is 2.50 bits per heavy atom. The molecule has 0 radical (unpaired) electrons. The lowest BCUT2D eigenvalue weighted by molar-refractivity contribution is -0.143. The van der Waals surface area contributed by atoms with E-state index in [-0.39, 0.29) is 12.6 Å². The second kappa shape index (κ2) is 8.67. The summed E-state index contributed by atoms with van der Waals surface area (Å²) in [5.74, 6) is -1.10. The molecule has 0 saturated carbocycles. The number of aromatic amines is 1. The smallest absolute Gasteiger partial charge is 0.411 e. The van der Waals surface area contributed by atoms with Crippen LogP contribution in [0.3, 0.4) is 0 Å². The van der Waals surface area contributed by atoms with Crippen molar-refractivity contribution in [3.8, 4) is 0 Å². The van der Waals surface area contributed by atoms with E-state index in [1.54, 1.807) is 45.0 Å². The molecule has 168 valence electrons. The number of carboxylic acids is 1. The average Bonchev–Trinajstić information content (AvgIpc) is 3.12. The topological polar surface area (TPSA) is 94.7 Å². The van der Waals surface area contributed by atoms with Crippen molar-refractivity contribution in [1.82, 2.24) is 15.2 Å². The van der Waals surface area contributed by atoms with E-state index in [0.29, 0.717) is 5.56 Å². The van der Waals surface area contributed by atoms with Crippen LogP contribution in [0.15, 0.2) is 54.6 Å². The van der Waals surface area contributed by atoms with Gasteiger partial charge in [-0.3, -0.25) is 4.90 Å². The summed E-state index contributed by atoms with van der Waals surface area (Å²) in [5.41, 5.74) is 3.01. The minimum Gasteiger partial charge on any atom is -0.479 e. The summed E-state index contributed by atoms with van der Waals surface area (Å²) in [5, 5.41) is 14.7. The highest BCUT2D eigenvalue weighted by molar-refractivity contribution is 5.85. The average molecular weight is 436 g/mol. The van der Waals surface area contributed by atoms with Crippen molar-refractivity contribution >= 4 is 23.0 Å². The molecule has 3 N–H and O–H groups in total. The number of amides is 1. The number of carbonyl (C=O) groups excluding carboxylic acids is 1. The molecular weight excluding hydrogens is 406 g/mol. The Kier molecular flexibility index (Phi) is 5.93. The number of nitrogens with zero attached hydrogens (tertiary/aromatic N) is 1. The van der Waals surface area contributed by atoms with E-state index in [2.05, 4.69) is 16.4 Å². The number of para-hydroxylation sites is 1.